The van der Waals surface area contributed by atoms with Gasteiger partial charge in [0.2, 0.25) is 0 Å². The van der Waals surface area contributed by atoms with Crippen molar-refractivity contribution in [1.29, 1.82) is 0 Å². The molecule has 0 saturated carbocycles. The van der Waals surface area contributed by atoms with Crippen molar-refractivity contribution < 1.29 is 0 Å². The predicted octanol–water partition coefficient (Wildman–Crippen LogP) is 3.88. The predicted molar refractivity (Wildman–Crippen MR) is 73.6 cm³/mol. The van der Waals surface area contributed by atoms with Crippen LogP contribution in [-0.2, 0) is 0 Å². The molecule has 2 atom stereocenters. The van der Waals surface area contributed by atoms with Crippen LogP contribution >= 0.6 is 23.4 Å². The average molecular weight is 255 g/mol. The Morgan fingerprint density at radius 3 is 2.62 bits per heavy atom. The molecule has 1 aromatic carbocycles. The van der Waals surface area contributed by atoms with Crippen LogP contribution in [0.25, 0.3) is 0 Å². The lowest BCUT2D eigenvalue weighted by Crippen LogP contribution is -2.25. The van der Waals surface area contributed by atoms with Crippen molar-refractivity contribution in [3.63, 3.8) is 0 Å². The Balaban J connectivity index is 2.05. The zero-order valence-corrected chi connectivity index (χ0v) is 11.0. The Morgan fingerprint density at radius 1 is 1.31 bits per heavy atom. The smallest absolute Gasteiger partial charge is 0.161 e. The van der Waals surface area contributed by atoms with Crippen molar-refractivity contribution >= 4 is 34.2 Å². The Kier molecular flexibility index (Phi) is 3.77. The molecular weight excluding hydrogens is 240 g/mol. The highest BCUT2D eigenvalue weighted by molar-refractivity contribution is 8.14. The van der Waals surface area contributed by atoms with Gasteiger partial charge < -0.3 is 5.32 Å². The third-order valence-corrected chi connectivity index (χ3v) is 4.15. The lowest BCUT2D eigenvalue weighted by molar-refractivity contribution is 0.537. The molecule has 4 heteroatoms. The number of hydrogen-bond donors (Lipinski definition) is 1. The van der Waals surface area contributed by atoms with Gasteiger partial charge in [0.05, 0.1) is 6.04 Å². The fourth-order valence-corrected chi connectivity index (χ4v) is 2.68. The molecule has 0 amide bonds. The summed E-state index contributed by atoms with van der Waals surface area (Å²) < 4.78 is 0. The average Bonchev–Trinajstić information content (AvgIpc) is 2.27. The molecule has 2 nitrogen and oxygen atoms in total. The van der Waals surface area contributed by atoms with Crippen molar-refractivity contribution in [1.82, 2.24) is 0 Å². The summed E-state index contributed by atoms with van der Waals surface area (Å²) in [4.78, 5) is 4.62. The summed E-state index contributed by atoms with van der Waals surface area (Å²) in [5.41, 5.74) is 1.04. The summed E-state index contributed by atoms with van der Waals surface area (Å²) in [7, 11) is 0. The third-order valence-electron chi connectivity index (χ3n) is 2.72. The maximum atomic E-state index is 5.83. The van der Waals surface area contributed by atoms with E-state index in [1.807, 2.05) is 24.3 Å². The molecule has 16 heavy (non-hydrogen) atoms. The van der Waals surface area contributed by atoms with Crippen LogP contribution in [0.2, 0.25) is 5.02 Å². The Labute approximate surface area is 105 Å². The minimum absolute atomic E-state index is 0.399. The van der Waals surface area contributed by atoms with Crippen LogP contribution in [0.4, 0.5) is 5.69 Å². The van der Waals surface area contributed by atoms with E-state index in [2.05, 4.69) is 24.2 Å². The highest BCUT2D eigenvalue weighted by atomic mass is 35.5. The summed E-state index contributed by atoms with van der Waals surface area (Å²) in [5, 5.41) is 5.08. The number of anilines is 1. The van der Waals surface area contributed by atoms with Crippen LogP contribution in [0.1, 0.15) is 13.8 Å². The van der Waals surface area contributed by atoms with E-state index in [9.17, 15) is 0 Å². The quantitative estimate of drug-likeness (QED) is 0.823. The molecule has 2 rings (SSSR count). The molecule has 0 spiro atoms. The van der Waals surface area contributed by atoms with E-state index in [0.29, 0.717) is 12.0 Å². The topological polar surface area (TPSA) is 24.4 Å². The molecule has 0 bridgehead atoms. The maximum absolute atomic E-state index is 5.83. The zero-order valence-electron chi connectivity index (χ0n) is 9.40. The van der Waals surface area contributed by atoms with Crippen LogP contribution in [0.5, 0.6) is 0 Å². The van der Waals surface area contributed by atoms with Gasteiger partial charge in [0, 0.05) is 16.5 Å². The molecule has 1 aliphatic heterocycles. The number of nitrogens with zero attached hydrogens (tertiary/aromatic N) is 1. The first-order valence-corrected chi connectivity index (χ1v) is 6.74. The molecule has 1 aliphatic rings. The van der Waals surface area contributed by atoms with Crippen LogP contribution in [0.3, 0.4) is 0 Å². The number of thioether (sulfide) groups is 1. The standard InChI is InChI=1S/C12H15ClN2S/c1-8-7-16-12(14-9(8)2)15-11-5-3-10(13)4-6-11/h3-6,8-9H,7H2,1-2H3,(H,14,15). The number of rotatable bonds is 1. The largest absolute Gasteiger partial charge is 0.335 e. The lowest BCUT2D eigenvalue weighted by Gasteiger charge is -2.23. The van der Waals surface area contributed by atoms with E-state index in [4.69, 9.17) is 11.6 Å². The van der Waals surface area contributed by atoms with Gasteiger partial charge in [-0.15, -0.1) is 0 Å². The zero-order chi connectivity index (χ0) is 11.5. The Morgan fingerprint density at radius 2 is 2.00 bits per heavy atom. The lowest BCUT2D eigenvalue weighted by atomic mass is 10.1. The summed E-state index contributed by atoms with van der Waals surface area (Å²) in [6.45, 7) is 4.40. The highest BCUT2D eigenvalue weighted by Gasteiger charge is 2.18. The van der Waals surface area contributed by atoms with Crippen molar-refractivity contribution in [2.45, 2.75) is 19.9 Å². The van der Waals surface area contributed by atoms with Crippen molar-refractivity contribution in [3.05, 3.63) is 29.3 Å². The van der Waals surface area contributed by atoms with Crippen LogP contribution in [0.15, 0.2) is 29.3 Å². The number of benzene rings is 1. The number of aliphatic imine (C=N–C) groups is 1. The molecule has 0 fully saturated rings. The second-order valence-corrected chi connectivity index (χ2v) is 5.54. The fourth-order valence-electron chi connectivity index (χ4n) is 1.42. The molecule has 0 radical (unpaired) electrons. The molecule has 2 unspecified atom stereocenters. The number of nitrogens with one attached hydrogen (secondary N) is 1. The fraction of sp³-hybridized carbons (Fsp3) is 0.417. The number of amidine groups is 1. The molecule has 1 aromatic rings. The summed E-state index contributed by atoms with van der Waals surface area (Å²) >= 11 is 7.61. The van der Waals surface area contributed by atoms with Crippen molar-refractivity contribution in [3.8, 4) is 0 Å². The van der Waals surface area contributed by atoms with Gasteiger partial charge in [-0.25, -0.2) is 0 Å². The van der Waals surface area contributed by atoms with Gasteiger partial charge in [-0.2, -0.15) is 0 Å². The molecule has 0 aliphatic carbocycles. The summed E-state index contributed by atoms with van der Waals surface area (Å²) in [6, 6.07) is 8.09. The van der Waals surface area contributed by atoms with E-state index in [1.165, 1.54) is 0 Å². The first-order chi connectivity index (χ1) is 7.65. The van der Waals surface area contributed by atoms with Crippen molar-refractivity contribution in [2.24, 2.45) is 10.9 Å². The van der Waals surface area contributed by atoms with Gasteiger partial charge in [0.25, 0.3) is 0 Å². The van der Waals surface area contributed by atoms with Gasteiger partial charge in [0.1, 0.15) is 0 Å². The molecule has 0 aromatic heterocycles. The molecule has 1 N–H and O–H groups in total. The molecule has 86 valence electrons. The summed E-state index contributed by atoms with van der Waals surface area (Å²) in [6.07, 6.45) is 0. The monoisotopic (exact) mass is 254 g/mol. The minimum Gasteiger partial charge on any atom is -0.335 e. The number of halogens is 1. The SMILES string of the molecule is CC1CSC(Nc2ccc(Cl)cc2)=NC1C. The number of hydrogen-bond acceptors (Lipinski definition) is 3. The first-order valence-electron chi connectivity index (χ1n) is 5.38. The van der Waals surface area contributed by atoms with Gasteiger partial charge >= 0.3 is 0 Å². The second-order valence-electron chi connectivity index (χ2n) is 4.10. The minimum atomic E-state index is 0.399. The van der Waals surface area contributed by atoms with E-state index < -0.39 is 0 Å². The van der Waals surface area contributed by atoms with E-state index in [-0.39, 0.29) is 0 Å². The Bertz CT molecular complexity index is 389. The van der Waals surface area contributed by atoms with E-state index in [0.717, 1.165) is 21.6 Å². The second kappa shape index (κ2) is 5.11. The van der Waals surface area contributed by atoms with Crippen LogP contribution in [0, 0.1) is 5.92 Å². The van der Waals surface area contributed by atoms with E-state index >= 15 is 0 Å². The van der Waals surface area contributed by atoms with Gasteiger partial charge in [-0.3, -0.25) is 4.99 Å². The van der Waals surface area contributed by atoms with Crippen LogP contribution in [-0.4, -0.2) is 17.0 Å². The third kappa shape index (κ3) is 2.92. The van der Waals surface area contributed by atoms with Crippen molar-refractivity contribution in [2.75, 3.05) is 11.1 Å². The molecule has 0 saturated heterocycles. The van der Waals surface area contributed by atoms with Crippen LogP contribution < -0.4 is 5.32 Å². The van der Waals surface area contributed by atoms with Gasteiger partial charge in [0.15, 0.2) is 5.17 Å². The van der Waals surface area contributed by atoms with Gasteiger partial charge in [-0.05, 0) is 37.1 Å². The molecular formula is C12H15ClN2S. The molecule has 1 heterocycles. The highest BCUT2D eigenvalue weighted by Crippen LogP contribution is 2.24. The first kappa shape index (κ1) is 11.8. The van der Waals surface area contributed by atoms with Gasteiger partial charge in [-0.1, -0.05) is 30.3 Å². The Hall–Kier alpha value is -0.670. The van der Waals surface area contributed by atoms with E-state index in [1.54, 1.807) is 11.8 Å². The maximum Gasteiger partial charge on any atom is 0.161 e. The summed E-state index contributed by atoms with van der Waals surface area (Å²) in [5.74, 6) is 1.78. The normalized spacial score (nSPS) is 25.1.